The van der Waals surface area contributed by atoms with Gasteiger partial charge in [-0.15, -0.1) is 11.3 Å². The van der Waals surface area contributed by atoms with Gasteiger partial charge in [-0.1, -0.05) is 0 Å². The van der Waals surface area contributed by atoms with Crippen LogP contribution in [-0.2, 0) is 0 Å². The summed E-state index contributed by atoms with van der Waals surface area (Å²) in [6.07, 6.45) is 4.45. The molecule has 0 saturated heterocycles. The van der Waals surface area contributed by atoms with Crippen molar-refractivity contribution < 1.29 is 0 Å². The van der Waals surface area contributed by atoms with E-state index in [4.69, 9.17) is 5.73 Å². The number of hydrogen-bond donors (Lipinski definition) is 1. The van der Waals surface area contributed by atoms with Crippen molar-refractivity contribution >= 4 is 27.5 Å². The van der Waals surface area contributed by atoms with Gasteiger partial charge in [0.05, 0.1) is 11.1 Å². The summed E-state index contributed by atoms with van der Waals surface area (Å²) in [4.78, 5) is 10.8. The van der Waals surface area contributed by atoms with E-state index in [1.165, 1.54) is 17.7 Å². The zero-order valence-corrected chi connectivity index (χ0v) is 11.3. The topological polar surface area (TPSA) is 69.6 Å². The molecule has 0 unspecified atom stereocenters. The molecular formula is C13H13N5S. The molecule has 0 spiro atoms. The van der Waals surface area contributed by atoms with Gasteiger partial charge in [0, 0.05) is 17.0 Å². The Labute approximate surface area is 114 Å². The Hall–Kier alpha value is -1.95. The molecule has 4 rings (SSSR count). The minimum absolute atomic E-state index is 0.299. The van der Waals surface area contributed by atoms with Crippen LogP contribution in [0.2, 0.25) is 0 Å². The van der Waals surface area contributed by atoms with Gasteiger partial charge in [0.15, 0.2) is 5.82 Å². The number of nitrogen functional groups attached to an aromatic ring is 1. The first-order valence-electron chi connectivity index (χ1n) is 6.30. The van der Waals surface area contributed by atoms with Crippen LogP contribution in [0.25, 0.3) is 16.0 Å². The average molecular weight is 271 g/mol. The van der Waals surface area contributed by atoms with E-state index in [-0.39, 0.29) is 0 Å². The number of thiophene rings is 1. The molecule has 0 radical (unpaired) electrons. The zero-order chi connectivity index (χ0) is 13.0. The van der Waals surface area contributed by atoms with Gasteiger partial charge in [0.25, 0.3) is 0 Å². The number of aryl methyl sites for hydroxylation is 1. The summed E-state index contributed by atoms with van der Waals surface area (Å²) in [5.41, 5.74) is 6.94. The highest BCUT2D eigenvalue weighted by molar-refractivity contribution is 7.18. The molecule has 3 aromatic rings. The van der Waals surface area contributed by atoms with E-state index in [9.17, 15) is 0 Å². The molecule has 6 heteroatoms. The third-order valence-corrected chi connectivity index (χ3v) is 4.28. The molecule has 2 N–H and O–H groups in total. The van der Waals surface area contributed by atoms with Crippen LogP contribution in [0.5, 0.6) is 0 Å². The monoisotopic (exact) mass is 271 g/mol. The second-order valence-electron chi connectivity index (χ2n) is 4.94. The maximum absolute atomic E-state index is 5.79. The quantitative estimate of drug-likeness (QED) is 0.778. The minimum Gasteiger partial charge on any atom is -0.368 e. The number of nitrogens with two attached hydrogens (primary N) is 1. The Bertz CT molecular complexity index is 769. The van der Waals surface area contributed by atoms with Gasteiger partial charge in [0.2, 0.25) is 5.95 Å². The molecule has 0 atom stereocenters. The number of anilines is 1. The van der Waals surface area contributed by atoms with Crippen molar-refractivity contribution in [1.82, 2.24) is 19.7 Å². The average Bonchev–Trinajstić information content (AvgIpc) is 2.97. The van der Waals surface area contributed by atoms with Gasteiger partial charge in [-0.3, -0.25) is 0 Å². The van der Waals surface area contributed by atoms with Crippen LogP contribution in [0.15, 0.2) is 18.3 Å². The lowest BCUT2D eigenvalue weighted by atomic mass is 10.3. The fraction of sp³-hybridized carbons (Fsp3) is 0.308. The molecule has 3 aromatic heterocycles. The van der Waals surface area contributed by atoms with E-state index >= 15 is 0 Å². The maximum Gasteiger partial charge on any atom is 0.223 e. The lowest BCUT2D eigenvalue weighted by Crippen LogP contribution is -2.04. The molecule has 1 fully saturated rings. The van der Waals surface area contributed by atoms with Gasteiger partial charge >= 0.3 is 0 Å². The molecule has 0 amide bonds. The standard InChI is InChI=1S/C13H13N5S/c1-7-6-9-11(15-13(14)16-12(9)19-7)18-5-4-10(17-18)8-2-3-8/h4-6,8H,2-3H2,1H3,(H2,14,15,16). The van der Waals surface area contributed by atoms with Crippen LogP contribution >= 0.6 is 11.3 Å². The van der Waals surface area contributed by atoms with Gasteiger partial charge in [0.1, 0.15) is 4.83 Å². The van der Waals surface area contributed by atoms with Crippen molar-refractivity contribution in [2.45, 2.75) is 25.7 Å². The Kier molecular flexibility index (Phi) is 2.17. The SMILES string of the molecule is Cc1cc2c(-n3ccc(C4CC4)n3)nc(N)nc2s1. The van der Waals surface area contributed by atoms with Crippen molar-refractivity contribution in [2.24, 2.45) is 0 Å². The summed E-state index contributed by atoms with van der Waals surface area (Å²) in [5, 5.41) is 5.63. The van der Waals surface area contributed by atoms with E-state index in [2.05, 4.69) is 34.1 Å². The summed E-state index contributed by atoms with van der Waals surface area (Å²) in [6, 6.07) is 4.16. The molecule has 0 aliphatic heterocycles. The molecule has 19 heavy (non-hydrogen) atoms. The van der Waals surface area contributed by atoms with Gasteiger partial charge < -0.3 is 5.73 Å². The normalized spacial score (nSPS) is 15.2. The van der Waals surface area contributed by atoms with Crippen molar-refractivity contribution in [1.29, 1.82) is 0 Å². The van der Waals surface area contributed by atoms with Crippen LogP contribution in [0.1, 0.15) is 29.3 Å². The van der Waals surface area contributed by atoms with E-state index in [0.717, 1.165) is 21.7 Å². The highest BCUT2D eigenvalue weighted by atomic mass is 32.1. The van der Waals surface area contributed by atoms with Crippen LogP contribution < -0.4 is 5.73 Å². The maximum atomic E-state index is 5.79. The molecule has 5 nitrogen and oxygen atoms in total. The molecule has 1 aliphatic carbocycles. The summed E-state index contributed by atoms with van der Waals surface area (Å²) in [7, 11) is 0. The van der Waals surface area contributed by atoms with E-state index in [0.29, 0.717) is 11.9 Å². The first kappa shape index (κ1) is 10.9. The molecule has 0 aromatic carbocycles. The Balaban J connectivity index is 1.92. The Morgan fingerprint density at radius 2 is 2.21 bits per heavy atom. The van der Waals surface area contributed by atoms with Crippen LogP contribution in [0.4, 0.5) is 5.95 Å². The third kappa shape index (κ3) is 1.79. The molecule has 0 bridgehead atoms. The molecule has 3 heterocycles. The van der Waals surface area contributed by atoms with Crippen molar-refractivity contribution in [2.75, 3.05) is 5.73 Å². The first-order chi connectivity index (χ1) is 9.20. The molecule has 96 valence electrons. The Morgan fingerprint density at radius 1 is 1.37 bits per heavy atom. The van der Waals surface area contributed by atoms with Gasteiger partial charge in [-0.25, -0.2) is 9.67 Å². The van der Waals surface area contributed by atoms with Crippen LogP contribution in [0.3, 0.4) is 0 Å². The lowest BCUT2D eigenvalue weighted by Gasteiger charge is -2.03. The van der Waals surface area contributed by atoms with Gasteiger partial charge in [-0.05, 0) is 31.9 Å². The Morgan fingerprint density at radius 3 is 3.00 bits per heavy atom. The summed E-state index contributed by atoms with van der Waals surface area (Å²) < 4.78 is 1.82. The first-order valence-corrected chi connectivity index (χ1v) is 7.12. The van der Waals surface area contributed by atoms with Gasteiger partial charge in [-0.2, -0.15) is 10.1 Å². The third-order valence-electron chi connectivity index (χ3n) is 3.34. The highest BCUT2D eigenvalue weighted by Gasteiger charge is 2.26. The fourth-order valence-electron chi connectivity index (χ4n) is 2.27. The lowest BCUT2D eigenvalue weighted by molar-refractivity contribution is 0.819. The number of aromatic nitrogens is 4. The summed E-state index contributed by atoms with van der Waals surface area (Å²) in [5.74, 6) is 1.71. The highest BCUT2D eigenvalue weighted by Crippen LogP contribution is 2.39. The summed E-state index contributed by atoms with van der Waals surface area (Å²) >= 11 is 1.63. The van der Waals surface area contributed by atoms with Crippen molar-refractivity contribution in [3.05, 3.63) is 28.9 Å². The second-order valence-corrected chi connectivity index (χ2v) is 6.18. The van der Waals surface area contributed by atoms with Crippen molar-refractivity contribution in [3.8, 4) is 5.82 Å². The van der Waals surface area contributed by atoms with Crippen LogP contribution in [-0.4, -0.2) is 19.7 Å². The molecular weight excluding hydrogens is 258 g/mol. The zero-order valence-electron chi connectivity index (χ0n) is 10.5. The largest absolute Gasteiger partial charge is 0.368 e. The van der Waals surface area contributed by atoms with Crippen molar-refractivity contribution in [3.63, 3.8) is 0 Å². The predicted octanol–water partition coefficient (Wildman–Crippen LogP) is 2.65. The fourth-order valence-corrected chi connectivity index (χ4v) is 3.15. The molecule has 1 saturated carbocycles. The number of rotatable bonds is 2. The molecule has 1 aliphatic rings. The number of hydrogen-bond acceptors (Lipinski definition) is 5. The van der Waals surface area contributed by atoms with Crippen LogP contribution in [0, 0.1) is 6.92 Å². The second kappa shape index (κ2) is 3.77. The number of fused-ring (bicyclic) bond motifs is 1. The summed E-state index contributed by atoms with van der Waals surface area (Å²) in [6.45, 7) is 2.06. The minimum atomic E-state index is 0.299. The van der Waals surface area contributed by atoms with E-state index in [1.807, 2.05) is 10.9 Å². The van der Waals surface area contributed by atoms with E-state index < -0.39 is 0 Å². The predicted molar refractivity (Wildman–Crippen MR) is 75.7 cm³/mol. The van der Waals surface area contributed by atoms with E-state index in [1.54, 1.807) is 11.3 Å². The number of nitrogens with zero attached hydrogens (tertiary/aromatic N) is 4. The smallest absolute Gasteiger partial charge is 0.223 e.